The molecule has 5 heteroatoms. The first kappa shape index (κ1) is 12.1. The summed E-state index contributed by atoms with van der Waals surface area (Å²) < 4.78 is 27.2. The maximum Gasteiger partial charge on any atom is 0.257 e. The third kappa shape index (κ3) is 6.81. The van der Waals surface area contributed by atoms with Crippen LogP contribution in [-0.2, 0) is 14.0 Å². The largest absolute Gasteiger partial charge is 0.319 e. The fourth-order valence-electron chi connectivity index (χ4n) is 0.870. The normalized spacial score (nSPS) is 12.3. The summed E-state index contributed by atoms with van der Waals surface area (Å²) in [6.07, 6.45) is 2.72. The van der Waals surface area contributed by atoms with Gasteiger partial charge >= 0.3 is 0 Å². The van der Waals surface area contributed by atoms with Crippen LogP contribution in [0.1, 0.15) is 26.2 Å². The van der Waals surface area contributed by atoms with E-state index in [2.05, 4.69) is 0 Å². The summed E-state index contributed by atoms with van der Waals surface area (Å²) in [5, 5.41) is 0. The van der Waals surface area contributed by atoms with Crippen molar-refractivity contribution >= 4 is 19.2 Å². The third-order valence-electron chi connectivity index (χ3n) is 1.34. The maximum atomic E-state index is 11.1. The van der Waals surface area contributed by atoms with Crippen LogP contribution >= 0.6 is 0 Å². The number of unbranched alkanes of at least 4 members (excludes halogenated alkanes) is 2. The molecule has 0 unspecified atom stereocenters. The second-order valence-corrected chi connectivity index (χ2v) is 7.50. The van der Waals surface area contributed by atoms with E-state index in [0.717, 1.165) is 19.3 Å². The lowest BCUT2D eigenvalue weighted by molar-refractivity contribution is 0.491. The Hall–Kier alpha value is 0.127. The predicted octanol–water partition coefficient (Wildman–Crippen LogP) is 1.51. The van der Waals surface area contributed by atoms with E-state index < -0.39 is 19.2 Å². The van der Waals surface area contributed by atoms with Crippen LogP contribution < -0.4 is 0 Å². The van der Waals surface area contributed by atoms with Crippen molar-refractivity contribution in [2.24, 2.45) is 0 Å². The van der Waals surface area contributed by atoms with Gasteiger partial charge in [0.15, 0.2) is 9.04 Å². The van der Waals surface area contributed by atoms with Gasteiger partial charge in [0.2, 0.25) is 0 Å². The highest BCUT2D eigenvalue weighted by atomic mass is 32.2. The van der Waals surface area contributed by atoms with Crippen molar-refractivity contribution in [1.29, 1.82) is 0 Å². The predicted molar refractivity (Wildman–Crippen MR) is 53.3 cm³/mol. The molecule has 0 radical (unpaired) electrons. The van der Waals surface area contributed by atoms with Crippen molar-refractivity contribution in [3.8, 4) is 0 Å². The van der Waals surface area contributed by atoms with Gasteiger partial charge in [-0.1, -0.05) is 19.8 Å². The first-order valence-corrected chi connectivity index (χ1v) is 8.74. The number of hydrogen-bond donors (Lipinski definition) is 0. The van der Waals surface area contributed by atoms with Crippen LogP contribution in [0.5, 0.6) is 0 Å². The van der Waals surface area contributed by atoms with Gasteiger partial charge in [-0.25, -0.2) is 8.42 Å². The van der Waals surface area contributed by atoms with E-state index in [0.29, 0.717) is 0 Å². The van der Waals surface area contributed by atoms with Crippen molar-refractivity contribution < 1.29 is 12.3 Å². The molecule has 0 amide bonds. The molecule has 0 rings (SSSR count). The van der Waals surface area contributed by atoms with Crippen molar-refractivity contribution in [2.45, 2.75) is 39.3 Å². The molecule has 0 aliphatic rings. The second kappa shape index (κ2) is 5.72. The van der Waals surface area contributed by atoms with E-state index in [1.54, 1.807) is 0 Å². The smallest absolute Gasteiger partial charge is 0.257 e. The van der Waals surface area contributed by atoms with Crippen LogP contribution in [-0.4, -0.2) is 23.2 Å². The summed E-state index contributed by atoms with van der Waals surface area (Å²) in [5.74, 6) is 0.187. The van der Waals surface area contributed by atoms with Crippen LogP contribution in [0, 0.1) is 0 Å². The van der Waals surface area contributed by atoms with Crippen molar-refractivity contribution in [1.82, 2.24) is 0 Å². The third-order valence-corrected chi connectivity index (χ3v) is 4.84. The van der Waals surface area contributed by atoms with E-state index in [-0.39, 0.29) is 5.75 Å². The van der Waals surface area contributed by atoms with Crippen molar-refractivity contribution in [3.05, 3.63) is 0 Å². The Morgan fingerprint density at radius 2 is 1.83 bits per heavy atom. The van der Waals surface area contributed by atoms with Crippen LogP contribution in [0.15, 0.2) is 0 Å². The van der Waals surface area contributed by atoms with E-state index in [1.165, 1.54) is 0 Å². The fraction of sp³-hybridized carbons (Fsp3) is 1.00. The minimum Gasteiger partial charge on any atom is -0.319 e. The van der Waals surface area contributed by atoms with Crippen LogP contribution in [0.4, 0.5) is 0 Å². The second-order valence-electron chi connectivity index (χ2n) is 3.11. The average Bonchev–Trinajstić information content (AvgIpc) is 1.84. The average molecular weight is 210 g/mol. The van der Waals surface area contributed by atoms with Gasteiger partial charge in [0.25, 0.3) is 10.1 Å². The molecule has 0 spiro atoms. The molecule has 74 valence electrons. The van der Waals surface area contributed by atoms with Crippen LogP contribution in [0.3, 0.4) is 0 Å². The summed E-state index contributed by atoms with van der Waals surface area (Å²) in [6, 6.07) is 0. The molecule has 0 aliphatic heterocycles. The molecule has 0 saturated heterocycles. The van der Waals surface area contributed by atoms with Gasteiger partial charge in [-0.3, -0.25) is 0 Å². The zero-order valence-corrected chi connectivity index (χ0v) is 10.0. The first-order chi connectivity index (χ1) is 5.48. The minimum atomic E-state index is -3.19. The highest BCUT2D eigenvalue weighted by molar-refractivity contribution is 7.87. The van der Waals surface area contributed by atoms with Gasteiger partial charge < -0.3 is 3.87 Å². The Kier molecular flexibility index (Phi) is 5.78. The summed E-state index contributed by atoms with van der Waals surface area (Å²) in [7, 11) is -4.63. The molecule has 0 aliphatic carbocycles. The lowest BCUT2D eigenvalue weighted by atomic mass is 10.3. The lowest BCUT2D eigenvalue weighted by Crippen LogP contribution is -2.18. The van der Waals surface area contributed by atoms with E-state index in [4.69, 9.17) is 3.87 Å². The maximum absolute atomic E-state index is 11.1. The number of rotatable bonds is 6. The van der Waals surface area contributed by atoms with Gasteiger partial charge in [-0.15, -0.1) is 0 Å². The van der Waals surface area contributed by atoms with Crippen molar-refractivity contribution in [3.63, 3.8) is 0 Å². The van der Waals surface area contributed by atoms with Crippen molar-refractivity contribution in [2.75, 3.05) is 5.75 Å². The zero-order valence-electron chi connectivity index (χ0n) is 8.04. The molecular weight excluding hydrogens is 192 g/mol. The topological polar surface area (TPSA) is 43.4 Å². The van der Waals surface area contributed by atoms with Crippen LogP contribution in [0.2, 0.25) is 13.1 Å². The van der Waals surface area contributed by atoms with Gasteiger partial charge in [0.1, 0.15) is 0 Å². The summed E-state index contributed by atoms with van der Waals surface area (Å²) in [6.45, 7) is 5.76. The molecule has 0 atom stereocenters. The van der Waals surface area contributed by atoms with Crippen LogP contribution in [0.25, 0.3) is 0 Å². The molecule has 0 fully saturated rings. The lowest BCUT2D eigenvalue weighted by Gasteiger charge is -2.06. The van der Waals surface area contributed by atoms with E-state index in [9.17, 15) is 8.42 Å². The fourth-order valence-corrected chi connectivity index (χ4v) is 4.16. The first-order valence-electron chi connectivity index (χ1n) is 4.39. The van der Waals surface area contributed by atoms with Gasteiger partial charge in [-0.2, -0.15) is 0 Å². The Bertz CT molecular complexity index is 199. The molecule has 0 aromatic heterocycles. The Balaban J connectivity index is 3.73. The van der Waals surface area contributed by atoms with E-state index in [1.807, 2.05) is 20.0 Å². The van der Waals surface area contributed by atoms with Gasteiger partial charge in [-0.05, 0) is 19.5 Å². The highest BCUT2D eigenvalue weighted by Gasteiger charge is 2.12. The monoisotopic (exact) mass is 210 g/mol. The molecule has 0 saturated carbocycles. The zero-order chi connectivity index (χ0) is 9.61. The molecule has 0 aromatic rings. The van der Waals surface area contributed by atoms with Gasteiger partial charge in [0.05, 0.1) is 5.75 Å². The summed E-state index contributed by atoms with van der Waals surface area (Å²) >= 11 is 0. The Morgan fingerprint density at radius 3 is 2.25 bits per heavy atom. The van der Waals surface area contributed by atoms with E-state index >= 15 is 0 Å². The molecule has 3 nitrogen and oxygen atoms in total. The minimum absolute atomic E-state index is 0.187. The molecule has 0 aromatic carbocycles. The molecule has 0 N–H and O–H groups in total. The molecule has 0 bridgehead atoms. The molecule has 12 heavy (non-hydrogen) atoms. The SMILES string of the molecule is CCCCCS(=O)(=O)O[SiH](C)C. The summed E-state index contributed by atoms with van der Waals surface area (Å²) in [4.78, 5) is 0. The number of hydrogen-bond acceptors (Lipinski definition) is 3. The molecule has 0 heterocycles. The molecular formula is C7H18O3SSi. The standard InChI is InChI=1S/C7H18O3SSi/c1-4-5-6-7-11(8,9)10-12(2)3/h12H,4-7H2,1-3H3. The Labute approximate surface area is 77.0 Å². The Morgan fingerprint density at radius 1 is 1.25 bits per heavy atom. The van der Waals surface area contributed by atoms with Gasteiger partial charge in [0, 0.05) is 0 Å². The summed E-state index contributed by atoms with van der Waals surface area (Å²) in [5.41, 5.74) is 0. The quantitative estimate of drug-likeness (QED) is 0.493. The highest BCUT2D eigenvalue weighted by Crippen LogP contribution is 2.02.